The van der Waals surface area contributed by atoms with Crippen LogP contribution in [0.4, 0.5) is 11.4 Å². The first-order chi connectivity index (χ1) is 11.9. The van der Waals surface area contributed by atoms with Gasteiger partial charge in [-0.25, -0.2) is 0 Å². The van der Waals surface area contributed by atoms with E-state index in [1.165, 1.54) is 5.56 Å². The molecule has 2 aromatic carbocycles. The second-order valence-corrected chi connectivity index (χ2v) is 6.81. The number of rotatable bonds is 4. The van der Waals surface area contributed by atoms with E-state index >= 15 is 0 Å². The largest absolute Gasteiger partial charge is 0.375 e. The Morgan fingerprint density at radius 3 is 2.56 bits per heavy atom. The number of anilines is 2. The molecule has 1 heterocycles. The highest BCUT2D eigenvalue weighted by Crippen LogP contribution is 2.29. The van der Waals surface area contributed by atoms with Gasteiger partial charge in [0.15, 0.2) is 5.78 Å². The summed E-state index contributed by atoms with van der Waals surface area (Å²) in [7, 11) is 0. The van der Waals surface area contributed by atoms with Gasteiger partial charge in [-0.3, -0.25) is 9.59 Å². The standard InChI is InChI=1S/C21H24N2O2/c1-13-5-7-19(14(2)11-13)22-15(3)21(25)18-6-8-20-17(12-18)9-10-23(20)16(4)24/h5-8,11-12,15,22H,9-10H2,1-4H3. The first-order valence-electron chi connectivity index (χ1n) is 8.66. The number of amides is 1. The van der Waals surface area contributed by atoms with Gasteiger partial charge in [-0.2, -0.15) is 0 Å². The van der Waals surface area contributed by atoms with Gasteiger partial charge in [0, 0.05) is 30.4 Å². The molecule has 4 heteroatoms. The van der Waals surface area contributed by atoms with Crippen molar-refractivity contribution < 1.29 is 9.59 Å². The molecule has 1 amide bonds. The number of nitrogens with zero attached hydrogens (tertiary/aromatic N) is 1. The molecule has 0 aromatic heterocycles. The molecule has 1 aliphatic rings. The second-order valence-electron chi connectivity index (χ2n) is 6.81. The third-order valence-electron chi connectivity index (χ3n) is 4.79. The van der Waals surface area contributed by atoms with Crippen molar-refractivity contribution in [2.24, 2.45) is 0 Å². The highest BCUT2D eigenvalue weighted by atomic mass is 16.2. The Kier molecular flexibility index (Phi) is 4.62. The average molecular weight is 336 g/mol. The van der Waals surface area contributed by atoms with Gasteiger partial charge in [0.05, 0.1) is 6.04 Å². The third kappa shape index (κ3) is 3.43. The lowest BCUT2D eigenvalue weighted by atomic mass is 10.0. The van der Waals surface area contributed by atoms with Gasteiger partial charge in [-0.1, -0.05) is 17.7 Å². The fourth-order valence-electron chi connectivity index (χ4n) is 3.41. The molecule has 3 rings (SSSR count). The van der Waals surface area contributed by atoms with Crippen LogP contribution in [0.1, 0.15) is 40.9 Å². The smallest absolute Gasteiger partial charge is 0.223 e. The van der Waals surface area contributed by atoms with Crippen LogP contribution in [0, 0.1) is 13.8 Å². The maximum atomic E-state index is 12.8. The number of carbonyl (C=O) groups excluding carboxylic acids is 2. The lowest BCUT2D eigenvalue weighted by Crippen LogP contribution is -2.27. The summed E-state index contributed by atoms with van der Waals surface area (Å²) in [5.74, 6) is 0.103. The summed E-state index contributed by atoms with van der Waals surface area (Å²) < 4.78 is 0. The zero-order valence-electron chi connectivity index (χ0n) is 15.2. The molecule has 0 aliphatic carbocycles. The van der Waals surface area contributed by atoms with E-state index in [-0.39, 0.29) is 17.7 Å². The van der Waals surface area contributed by atoms with Gasteiger partial charge < -0.3 is 10.2 Å². The Balaban J connectivity index is 1.78. The molecule has 1 atom stereocenters. The molecule has 0 radical (unpaired) electrons. The minimum atomic E-state index is -0.315. The molecule has 1 aliphatic heterocycles. The van der Waals surface area contributed by atoms with E-state index in [2.05, 4.69) is 18.3 Å². The van der Waals surface area contributed by atoms with Crippen LogP contribution in [0.3, 0.4) is 0 Å². The van der Waals surface area contributed by atoms with Crippen LogP contribution < -0.4 is 10.2 Å². The minimum Gasteiger partial charge on any atom is -0.375 e. The Hall–Kier alpha value is -2.62. The van der Waals surface area contributed by atoms with Crippen molar-refractivity contribution in [3.8, 4) is 0 Å². The summed E-state index contributed by atoms with van der Waals surface area (Å²) in [6.07, 6.45) is 0.801. The van der Waals surface area contributed by atoms with Crippen LogP contribution in [-0.2, 0) is 11.2 Å². The number of Topliss-reactive ketones (excluding diaryl/α,β-unsaturated/α-hetero) is 1. The average Bonchev–Trinajstić information content (AvgIpc) is 3.00. The van der Waals surface area contributed by atoms with Gasteiger partial charge in [0.1, 0.15) is 0 Å². The number of ketones is 1. The fraction of sp³-hybridized carbons (Fsp3) is 0.333. The van der Waals surface area contributed by atoms with Crippen molar-refractivity contribution in [2.75, 3.05) is 16.8 Å². The molecule has 0 saturated carbocycles. The van der Waals surface area contributed by atoms with E-state index in [1.807, 2.05) is 44.2 Å². The Bertz CT molecular complexity index is 842. The van der Waals surface area contributed by atoms with Gasteiger partial charge in [-0.15, -0.1) is 0 Å². The van der Waals surface area contributed by atoms with Gasteiger partial charge in [0.2, 0.25) is 5.91 Å². The van der Waals surface area contributed by atoms with E-state index in [4.69, 9.17) is 0 Å². The van der Waals surface area contributed by atoms with Crippen LogP contribution in [0.15, 0.2) is 36.4 Å². The van der Waals surface area contributed by atoms with Crippen LogP contribution in [0.2, 0.25) is 0 Å². The monoisotopic (exact) mass is 336 g/mol. The normalized spacial score (nSPS) is 14.2. The Morgan fingerprint density at radius 1 is 1.12 bits per heavy atom. The molecule has 0 bridgehead atoms. The topological polar surface area (TPSA) is 49.4 Å². The zero-order chi connectivity index (χ0) is 18.1. The number of benzene rings is 2. The maximum Gasteiger partial charge on any atom is 0.223 e. The molecule has 1 N–H and O–H groups in total. The molecule has 0 fully saturated rings. The first-order valence-corrected chi connectivity index (χ1v) is 8.66. The number of nitrogens with one attached hydrogen (secondary N) is 1. The van der Waals surface area contributed by atoms with Crippen molar-refractivity contribution in [2.45, 2.75) is 40.2 Å². The number of carbonyl (C=O) groups is 2. The quantitative estimate of drug-likeness (QED) is 0.862. The van der Waals surface area contributed by atoms with Crippen molar-refractivity contribution >= 4 is 23.1 Å². The van der Waals surface area contributed by atoms with Crippen molar-refractivity contribution in [3.63, 3.8) is 0 Å². The molecule has 4 nitrogen and oxygen atoms in total. The lowest BCUT2D eigenvalue weighted by Gasteiger charge is -2.18. The van der Waals surface area contributed by atoms with Crippen LogP contribution in [0.5, 0.6) is 0 Å². The van der Waals surface area contributed by atoms with E-state index in [0.717, 1.165) is 28.9 Å². The molecule has 25 heavy (non-hydrogen) atoms. The molecule has 0 saturated heterocycles. The van der Waals surface area contributed by atoms with Gasteiger partial charge in [-0.05, 0) is 62.6 Å². The predicted octanol–water partition coefficient (Wildman–Crippen LogP) is 3.90. The number of aryl methyl sites for hydroxylation is 2. The fourth-order valence-corrected chi connectivity index (χ4v) is 3.41. The maximum absolute atomic E-state index is 12.8. The summed E-state index contributed by atoms with van der Waals surface area (Å²) in [6.45, 7) is 8.25. The van der Waals surface area contributed by atoms with E-state index in [9.17, 15) is 9.59 Å². The molecule has 130 valence electrons. The van der Waals surface area contributed by atoms with Gasteiger partial charge >= 0.3 is 0 Å². The summed E-state index contributed by atoms with van der Waals surface area (Å²) >= 11 is 0. The minimum absolute atomic E-state index is 0.0442. The van der Waals surface area contributed by atoms with Crippen LogP contribution in [-0.4, -0.2) is 24.3 Å². The van der Waals surface area contributed by atoms with Crippen LogP contribution >= 0.6 is 0 Å². The van der Waals surface area contributed by atoms with Crippen molar-refractivity contribution in [1.82, 2.24) is 0 Å². The number of hydrogen-bond donors (Lipinski definition) is 1. The number of fused-ring (bicyclic) bond motifs is 1. The van der Waals surface area contributed by atoms with E-state index < -0.39 is 0 Å². The summed E-state index contributed by atoms with van der Waals surface area (Å²) in [5.41, 5.74) is 6.00. The summed E-state index contributed by atoms with van der Waals surface area (Å²) in [4.78, 5) is 26.2. The third-order valence-corrected chi connectivity index (χ3v) is 4.79. The predicted molar refractivity (Wildman–Crippen MR) is 102 cm³/mol. The molecule has 2 aromatic rings. The molecule has 0 spiro atoms. The summed E-state index contributed by atoms with van der Waals surface area (Å²) in [5, 5.41) is 3.32. The zero-order valence-corrected chi connectivity index (χ0v) is 15.2. The number of hydrogen-bond acceptors (Lipinski definition) is 3. The Labute approximate surface area is 148 Å². The van der Waals surface area contributed by atoms with Crippen molar-refractivity contribution in [3.05, 3.63) is 58.7 Å². The summed E-state index contributed by atoms with van der Waals surface area (Å²) in [6, 6.07) is 11.5. The Morgan fingerprint density at radius 2 is 1.88 bits per heavy atom. The molecular weight excluding hydrogens is 312 g/mol. The van der Waals surface area contributed by atoms with E-state index in [0.29, 0.717) is 12.1 Å². The molecular formula is C21H24N2O2. The van der Waals surface area contributed by atoms with E-state index in [1.54, 1.807) is 11.8 Å². The van der Waals surface area contributed by atoms with Crippen molar-refractivity contribution in [1.29, 1.82) is 0 Å². The van der Waals surface area contributed by atoms with Gasteiger partial charge in [0.25, 0.3) is 0 Å². The second kappa shape index (κ2) is 6.71. The lowest BCUT2D eigenvalue weighted by molar-refractivity contribution is -0.116. The highest BCUT2D eigenvalue weighted by Gasteiger charge is 2.24. The SMILES string of the molecule is CC(=O)N1CCc2cc(C(=O)C(C)Nc3ccc(C)cc3C)ccc21. The molecule has 1 unspecified atom stereocenters. The highest BCUT2D eigenvalue weighted by molar-refractivity contribution is 6.03. The van der Waals surface area contributed by atoms with Crippen LogP contribution in [0.25, 0.3) is 0 Å². The first kappa shape index (κ1) is 17.2.